The molecule has 0 radical (unpaired) electrons. The van der Waals surface area contributed by atoms with E-state index in [4.69, 9.17) is 28.1 Å². The van der Waals surface area contributed by atoms with Crippen LogP contribution in [0.3, 0.4) is 0 Å². The van der Waals surface area contributed by atoms with Gasteiger partial charge in [0, 0.05) is 50.0 Å². The van der Waals surface area contributed by atoms with Crippen molar-refractivity contribution in [3.63, 3.8) is 0 Å². The van der Waals surface area contributed by atoms with E-state index in [-0.39, 0.29) is 25.2 Å². The van der Waals surface area contributed by atoms with Gasteiger partial charge >= 0.3 is 11.9 Å². The fourth-order valence-electron chi connectivity index (χ4n) is 11.5. The lowest BCUT2D eigenvalue weighted by atomic mass is 9.30. The molecule has 6 fully saturated rings. The summed E-state index contributed by atoms with van der Waals surface area (Å²) in [4.78, 5) is 39.9. The molecule has 42 heavy (non-hydrogen) atoms. The molecule has 3 heterocycles. The van der Waals surface area contributed by atoms with Crippen molar-refractivity contribution in [1.82, 2.24) is 0 Å². The SMILES string of the molecule is CO[C@@H]1OC[C@@]23[C@H]4C(=O)[C@H](OC(C)=O)[C@@]5(C)[C@H](c6ccoc6)C[C@@H](O)[C@]56O[C@H](C[C@H]2[C@]1(C)[C@H](OC(C)=O)C[C@@H]3O)[C@]46C. The minimum absolute atomic E-state index is 0.0132. The molecule has 1 spiro atoms. The molecule has 2 bridgehead atoms. The zero-order chi connectivity index (χ0) is 30.2. The second-order valence-corrected chi connectivity index (χ2v) is 14.1. The average molecular weight is 589 g/mol. The Hall–Kier alpha value is -2.31. The van der Waals surface area contributed by atoms with Crippen LogP contribution < -0.4 is 0 Å². The number of ketones is 1. The zero-order valence-corrected chi connectivity index (χ0v) is 24.8. The van der Waals surface area contributed by atoms with Gasteiger partial charge in [-0.25, -0.2) is 0 Å². The Balaban J connectivity index is 1.44. The summed E-state index contributed by atoms with van der Waals surface area (Å²) in [5.41, 5.74) is -4.57. The number of hydrogen-bond acceptors (Lipinski definition) is 11. The van der Waals surface area contributed by atoms with Gasteiger partial charge in [0.25, 0.3) is 0 Å². The van der Waals surface area contributed by atoms with E-state index < -0.39 is 93.8 Å². The van der Waals surface area contributed by atoms with E-state index in [2.05, 4.69) is 0 Å². The van der Waals surface area contributed by atoms with Gasteiger partial charge in [0.05, 0.1) is 48.3 Å². The maximum absolute atomic E-state index is 15.1. The number of carbonyl (C=O) groups excluding carboxylic acids is 3. The second-order valence-electron chi connectivity index (χ2n) is 14.1. The van der Waals surface area contributed by atoms with E-state index >= 15 is 4.79 Å². The molecule has 2 N–H and O–H groups in total. The average Bonchev–Trinajstić information content (AvgIpc) is 3.52. The number of Topliss-reactive ketones (excluding diaryl/α,β-unsaturated/α-hetero) is 1. The molecule has 0 aromatic carbocycles. The predicted octanol–water partition coefficient (Wildman–Crippen LogP) is 2.12. The third kappa shape index (κ3) is 2.84. The first-order valence-corrected chi connectivity index (χ1v) is 14.8. The first-order chi connectivity index (χ1) is 19.8. The van der Waals surface area contributed by atoms with Gasteiger partial charge in [-0.1, -0.05) is 20.8 Å². The van der Waals surface area contributed by atoms with Crippen molar-refractivity contribution in [2.24, 2.45) is 33.5 Å². The highest BCUT2D eigenvalue weighted by atomic mass is 16.7. The molecule has 1 aromatic heterocycles. The van der Waals surface area contributed by atoms with Crippen molar-refractivity contribution in [1.29, 1.82) is 0 Å². The summed E-state index contributed by atoms with van der Waals surface area (Å²) < 4.78 is 36.2. The summed E-state index contributed by atoms with van der Waals surface area (Å²) >= 11 is 0. The lowest BCUT2D eigenvalue weighted by molar-refractivity contribution is -0.459. The number of esters is 2. The normalized spacial score (nSPS) is 53.7. The molecule has 0 amide bonds. The van der Waals surface area contributed by atoms with Crippen LogP contribution in [0.2, 0.25) is 0 Å². The molecule has 230 valence electrons. The maximum atomic E-state index is 15.1. The molecule has 11 nitrogen and oxygen atoms in total. The van der Waals surface area contributed by atoms with Crippen LogP contribution in [-0.4, -0.2) is 84.1 Å². The van der Waals surface area contributed by atoms with Crippen molar-refractivity contribution in [2.45, 2.75) is 102 Å². The van der Waals surface area contributed by atoms with E-state index in [0.717, 1.165) is 5.56 Å². The Kier molecular flexibility index (Phi) is 5.86. The van der Waals surface area contributed by atoms with Crippen molar-refractivity contribution in [3.8, 4) is 0 Å². The maximum Gasteiger partial charge on any atom is 0.303 e. The highest BCUT2D eigenvalue weighted by Crippen LogP contribution is 2.82. The zero-order valence-electron chi connectivity index (χ0n) is 24.8. The topological polar surface area (TPSA) is 151 Å². The lowest BCUT2D eigenvalue weighted by Gasteiger charge is -2.81. The van der Waals surface area contributed by atoms with Crippen molar-refractivity contribution < 1.29 is 52.7 Å². The Bertz CT molecular complexity index is 1330. The van der Waals surface area contributed by atoms with Gasteiger partial charge in [-0.3, -0.25) is 14.4 Å². The minimum atomic E-state index is -1.26. The molecule has 11 heteroatoms. The van der Waals surface area contributed by atoms with Crippen molar-refractivity contribution in [3.05, 3.63) is 24.2 Å². The summed E-state index contributed by atoms with van der Waals surface area (Å²) in [6.45, 7) is 8.40. The molecule has 0 unspecified atom stereocenters. The Morgan fingerprint density at radius 1 is 1.00 bits per heavy atom. The second kappa shape index (κ2) is 8.65. The monoisotopic (exact) mass is 588 g/mol. The van der Waals surface area contributed by atoms with Crippen LogP contribution in [0.5, 0.6) is 0 Å². The molecule has 2 saturated heterocycles. The van der Waals surface area contributed by atoms with E-state index in [1.165, 1.54) is 21.0 Å². The highest BCUT2D eigenvalue weighted by molar-refractivity contribution is 5.93. The number of carbonyl (C=O) groups is 3. The smallest absolute Gasteiger partial charge is 0.303 e. The van der Waals surface area contributed by atoms with Crippen molar-refractivity contribution >= 4 is 17.7 Å². The van der Waals surface area contributed by atoms with Crippen LogP contribution in [0.1, 0.15) is 65.4 Å². The summed E-state index contributed by atoms with van der Waals surface area (Å²) in [6.07, 6.45) is -1.34. The van der Waals surface area contributed by atoms with Gasteiger partial charge in [-0.2, -0.15) is 0 Å². The van der Waals surface area contributed by atoms with Crippen LogP contribution in [0.25, 0.3) is 0 Å². The first-order valence-electron chi connectivity index (χ1n) is 14.8. The van der Waals surface area contributed by atoms with E-state index in [1.54, 1.807) is 12.5 Å². The molecule has 4 aliphatic carbocycles. The number of aliphatic hydroxyl groups is 2. The standard InChI is InChI=1S/C31H40O11/c1-14(32)40-21-11-19(34)30-13-39-26(37-6)27(21,3)18(30)10-22-29(5)24(30)23(36)25(41-15(2)33)28(4)17(16-7-8-38-12-16)9-20(35)31(28,29)42-22/h7-8,12,17-22,24-26,34-35H,9-11,13H2,1-6H3/t17-,18-,19-,20+,21+,22+,24-,25-,26+,27+,28+,29+,30+,31-/m0/s1. The Labute approximate surface area is 244 Å². The third-order valence-corrected chi connectivity index (χ3v) is 12.8. The highest BCUT2D eigenvalue weighted by Gasteiger charge is 2.92. The molecule has 1 aromatic rings. The van der Waals surface area contributed by atoms with Crippen LogP contribution in [0.4, 0.5) is 0 Å². The summed E-state index contributed by atoms with van der Waals surface area (Å²) in [7, 11) is 1.53. The van der Waals surface area contributed by atoms with Crippen LogP contribution in [0.15, 0.2) is 23.0 Å². The Morgan fingerprint density at radius 3 is 2.33 bits per heavy atom. The molecular weight excluding hydrogens is 548 g/mol. The quantitative estimate of drug-likeness (QED) is 0.498. The molecule has 14 atom stereocenters. The van der Waals surface area contributed by atoms with Gasteiger partial charge in [-0.15, -0.1) is 0 Å². The number of ether oxygens (including phenoxy) is 5. The third-order valence-electron chi connectivity index (χ3n) is 12.8. The Morgan fingerprint density at radius 2 is 1.71 bits per heavy atom. The molecule has 2 aliphatic heterocycles. The molecular formula is C31H40O11. The first kappa shape index (κ1) is 28.5. The lowest BCUT2D eigenvalue weighted by Crippen LogP contribution is -2.91. The number of aliphatic hydroxyl groups excluding tert-OH is 2. The fraction of sp³-hybridized carbons (Fsp3) is 0.774. The largest absolute Gasteiger partial charge is 0.472 e. The van der Waals surface area contributed by atoms with E-state index in [0.29, 0.717) is 6.42 Å². The molecule has 6 aliphatic rings. The molecule has 4 saturated carbocycles. The van der Waals surface area contributed by atoms with Crippen molar-refractivity contribution in [2.75, 3.05) is 13.7 Å². The fourth-order valence-corrected chi connectivity index (χ4v) is 11.5. The van der Waals surface area contributed by atoms with Gasteiger partial charge in [0.2, 0.25) is 0 Å². The number of furan rings is 1. The van der Waals surface area contributed by atoms with Crippen LogP contribution in [-0.2, 0) is 38.1 Å². The number of rotatable bonds is 4. The van der Waals surface area contributed by atoms with Crippen LogP contribution >= 0.6 is 0 Å². The van der Waals surface area contributed by atoms with Crippen LogP contribution in [0, 0.1) is 33.5 Å². The van der Waals surface area contributed by atoms with E-state index in [1.807, 2.05) is 26.8 Å². The minimum Gasteiger partial charge on any atom is -0.472 e. The number of hydrogen-bond donors (Lipinski definition) is 2. The number of methoxy groups -OCH3 is 1. The summed E-state index contributed by atoms with van der Waals surface area (Å²) in [6, 6.07) is 1.81. The van der Waals surface area contributed by atoms with Gasteiger partial charge in [-0.05, 0) is 30.4 Å². The molecule has 7 rings (SSSR count). The summed E-state index contributed by atoms with van der Waals surface area (Å²) in [5, 5.41) is 24.1. The van der Waals surface area contributed by atoms with Gasteiger partial charge in [0.1, 0.15) is 11.7 Å². The van der Waals surface area contributed by atoms with Gasteiger partial charge < -0.3 is 38.3 Å². The summed E-state index contributed by atoms with van der Waals surface area (Å²) in [5.74, 6) is -3.11. The predicted molar refractivity (Wildman–Crippen MR) is 142 cm³/mol. The van der Waals surface area contributed by atoms with E-state index in [9.17, 15) is 19.8 Å². The van der Waals surface area contributed by atoms with Gasteiger partial charge in [0.15, 0.2) is 18.2 Å².